The zero-order valence-corrected chi connectivity index (χ0v) is 18.0. The van der Waals surface area contributed by atoms with Gasteiger partial charge in [-0.1, -0.05) is 36.4 Å². The van der Waals surface area contributed by atoms with Gasteiger partial charge in [-0.15, -0.1) is 0 Å². The molecule has 1 unspecified atom stereocenters. The Morgan fingerprint density at radius 2 is 1.62 bits per heavy atom. The molecule has 0 spiro atoms. The number of rotatable bonds is 8. The lowest BCUT2D eigenvalue weighted by atomic mass is 10.1. The fraction of sp³-hybridized carbons (Fsp3) is 0.381. The van der Waals surface area contributed by atoms with E-state index in [4.69, 9.17) is 0 Å². The quantitative estimate of drug-likeness (QED) is 0.684. The Morgan fingerprint density at radius 3 is 2.21 bits per heavy atom. The lowest BCUT2D eigenvalue weighted by molar-refractivity contribution is 0.194. The number of nitrogens with one attached hydrogen (secondary N) is 2. The Morgan fingerprint density at radius 1 is 1.03 bits per heavy atom. The van der Waals surface area contributed by atoms with Crippen LogP contribution in [0.15, 0.2) is 48.5 Å². The first kappa shape index (κ1) is 22.8. The Kier molecular flexibility index (Phi) is 7.75. The second-order valence-corrected chi connectivity index (χ2v) is 9.05. The smallest absolute Gasteiger partial charge is 0.317 e. The Hall–Kier alpha value is -2.45. The molecular weight excluding hydrogens is 393 g/mol. The van der Waals surface area contributed by atoms with Crippen LogP contribution in [0, 0.1) is 5.82 Å². The van der Waals surface area contributed by atoms with Crippen LogP contribution in [-0.4, -0.2) is 32.4 Å². The molecule has 0 aromatic heterocycles. The SMILES string of the molecule is CC(C)NS(=O)(=O)Cc1ccccc1CNC(=O)N(C)C(C)c1ccc(F)cc1. The highest BCUT2D eigenvalue weighted by molar-refractivity contribution is 7.88. The summed E-state index contributed by atoms with van der Waals surface area (Å²) in [6, 6.07) is 12.4. The van der Waals surface area contributed by atoms with Gasteiger partial charge in [-0.2, -0.15) is 0 Å². The average Bonchev–Trinajstić information content (AvgIpc) is 2.65. The fourth-order valence-electron chi connectivity index (χ4n) is 2.91. The van der Waals surface area contributed by atoms with E-state index in [-0.39, 0.29) is 36.2 Å². The molecule has 158 valence electrons. The molecule has 2 rings (SSSR count). The lowest BCUT2D eigenvalue weighted by Gasteiger charge is -2.26. The van der Waals surface area contributed by atoms with Crippen molar-refractivity contribution in [3.05, 3.63) is 71.0 Å². The molecule has 29 heavy (non-hydrogen) atoms. The van der Waals surface area contributed by atoms with Gasteiger partial charge < -0.3 is 10.2 Å². The van der Waals surface area contributed by atoms with Crippen LogP contribution in [0.5, 0.6) is 0 Å². The minimum atomic E-state index is -3.47. The molecule has 0 aliphatic rings. The molecule has 8 heteroatoms. The molecule has 0 aliphatic carbocycles. The number of hydrogen-bond acceptors (Lipinski definition) is 3. The highest BCUT2D eigenvalue weighted by Crippen LogP contribution is 2.19. The first-order valence-electron chi connectivity index (χ1n) is 9.42. The number of nitrogens with zero attached hydrogens (tertiary/aromatic N) is 1. The van der Waals surface area contributed by atoms with Crippen molar-refractivity contribution in [2.45, 2.75) is 45.2 Å². The maximum absolute atomic E-state index is 13.1. The van der Waals surface area contributed by atoms with Gasteiger partial charge >= 0.3 is 6.03 Å². The highest BCUT2D eigenvalue weighted by atomic mass is 32.2. The topological polar surface area (TPSA) is 78.5 Å². The van der Waals surface area contributed by atoms with Crippen LogP contribution in [-0.2, 0) is 22.3 Å². The number of halogens is 1. The van der Waals surface area contributed by atoms with E-state index in [1.165, 1.54) is 17.0 Å². The van der Waals surface area contributed by atoms with E-state index in [0.717, 1.165) is 11.1 Å². The standard InChI is InChI=1S/C21H28FN3O3S/c1-15(2)24-29(27,28)14-19-8-6-5-7-18(19)13-23-21(26)25(4)16(3)17-9-11-20(22)12-10-17/h5-12,15-16,24H,13-14H2,1-4H3,(H,23,26). The van der Waals surface area contributed by atoms with Gasteiger partial charge in [0, 0.05) is 19.6 Å². The Balaban J connectivity index is 2.04. The number of amides is 2. The summed E-state index contributed by atoms with van der Waals surface area (Å²) >= 11 is 0. The second-order valence-electron chi connectivity index (χ2n) is 7.30. The van der Waals surface area contributed by atoms with Gasteiger partial charge in [0.25, 0.3) is 0 Å². The second kappa shape index (κ2) is 9.84. The van der Waals surface area contributed by atoms with Crippen molar-refractivity contribution in [3.8, 4) is 0 Å². The van der Waals surface area contributed by atoms with Crippen LogP contribution in [0.3, 0.4) is 0 Å². The Bertz CT molecular complexity index is 930. The molecule has 0 saturated carbocycles. The van der Waals surface area contributed by atoms with Gasteiger partial charge in [-0.25, -0.2) is 22.3 Å². The van der Waals surface area contributed by atoms with Crippen LogP contribution in [0.1, 0.15) is 43.5 Å². The van der Waals surface area contributed by atoms with Gasteiger partial charge in [0.05, 0.1) is 11.8 Å². The van der Waals surface area contributed by atoms with E-state index >= 15 is 0 Å². The van der Waals surface area contributed by atoms with E-state index in [0.29, 0.717) is 5.56 Å². The first-order valence-corrected chi connectivity index (χ1v) is 11.1. The number of benzene rings is 2. The zero-order chi connectivity index (χ0) is 21.6. The number of urea groups is 1. The minimum absolute atomic E-state index is 0.154. The highest BCUT2D eigenvalue weighted by Gasteiger charge is 2.19. The van der Waals surface area contributed by atoms with E-state index in [1.807, 2.05) is 6.92 Å². The summed E-state index contributed by atoms with van der Waals surface area (Å²) in [6.45, 7) is 5.58. The van der Waals surface area contributed by atoms with Crippen molar-refractivity contribution in [1.29, 1.82) is 0 Å². The minimum Gasteiger partial charge on any atom is -0.334 e. The van der Waals surface area contributed by atoms with Crippen molar-refractivity contribution in [3.63, 3.8) is 0 Å². The van der Waals surface area contributed by atoms with Crippen molar-refractivity contribution in [2.24, 2.45) is 0 Å². The molecule has 1 atom stereocenters. The number of carbonyl (C=O) groups is 1. The largest absolute Gasteiger partial charge is 0.334 e. The zero-order valence-electron chi connectivity index (χ0n) is 17.1. The summed E-state index contributed by atoms with van der Waals surface area (Å²) in [7, 11) is -1.81. The summed E-state index contributed by atoms with van der Waals surface area (Å²) in [6.07, 6.45) is 0. The molecule has 0 saturated heterocycles. The molecule has 6 nitrogen and oxygen atoms in total. The van der Waals surface area contributed by atoms with Gasteiger partial charge in [0.15, 0.2) is 0 Å². The Labute approximate surface area is 172 Å². The third kappa shape index (κ3) is 6.83. The maximum atomic E-state index is 13.1. The summed E-state index contributed by atoms with van der Waals surface area (Å²) in [5, 5.41) is 2.83. The third-order valence-electron chi connectivity index (χ3n) is 4.56. The predicted octanol–water partition coefficient (Wildman–Crippen LogP) is 3.56. The van der Waals surface area contributed by atoms with E-state index in [9.17, 15) is 17.6 Å². The lowest BCUT2D eigenvalue weighted by Crippen LogP contribution is -2.38. The molecule has 2 N–H and O–H groups in total. The van der Waals surface area contributed by atoms with Crippen molar-refractivity contribution < 1.29 is 17.6 Å². The first-order chi connectivity index (χ1) is 13.6. The van der Waals surface area contributed by atoms with Crippen molar-refractivity contribution in [2.75, 3.05) is 7.05 Å². The molecule has 0 fully saturated rings. The van der Waals surface area contributed by atoms with Crippen LogP contribution in [0.4, 0.5) is 9.18 Å². The number of hydrogen-bond donors (Lipinski definition) is 2. The van der Waals surface area contributed by atoms with Crippen molar-refractivity contribution in [1.82, 2.24) is 14.9 Å². The third-order valence-corrected chi connectivity index (χ3v) is 6.08. The van der Waals surface area contributed by atoms with Crippen LogP contribution < -0.4 is 10.0 Å². The number of sulfonamides is 1. The van der Waals surface area contributed by atoms with E-state index in [2.05, 4.69) is 10.0 Å². The summed E-state index contributed by atoms with van der Waals surface area (Å²) in [5.41, 5.74) is 2.18. The molecule has 2 aromatic carbocycles. The molecule has 0 aliphatic heterocycles. The molecule has 0 bridgehead atoms. The average molecular weight is 422 g/mol. The van der Waals surface area contributed by atoms with Gasteiger partial charge in [-0.05, 0) is 49.6 Å². The summed E-state index contributed by atoms with van der Waals surface area (Å²) < 4.78 is 40.2. The van der Waals surface area contributed by atoms with E-state index in [1.54, 1.807) is 57.3 Å². The summed E-state index contributed by atoms with van der Waals surface area (Å²) in [4.78, 5) is 14.1. The monoisotopic (exact) mass is 421 g/mol. The number of carbonyl (C=O) groups excluding carboxylic acids is 1. The summed E-state index contributed by atoms with van der Waals surface area (Å²) in [5.74, 6) is -0.481. The molecule has 0 radical (unpaired) electrons. The van der Waals surface area contributed by atoms with Crippen LogP contribution in [0.2, 0.25) is 0 Å². The van der Waals surface area contributed by atoms with Crippen LogP contribution in [0.25, 0.3) is 0 Å². The van der Waals surface area contributed by atoms with Gasteiger partial charge in [0.2, 0.25) is 10.0 Å². The van der Waals surface area contributed by atoms with Crippen LogP contribution >= 0.6 is 0 Å². The predicted molar refractivity (Wildman–Crippen MR) is 112 cm³/mol. The normalized spacial score (nSPS) is 12.6. The molecule has 0 heterocycles. The molecule has 2 aromatic rings. The van der Waals surface area contributed by atoms with E-state index < -0.39 is 10.0 Å². The van der Waals surface area contributed by atoms with Gasteiger partial charge in [0.1, 0.15) is 5.82 Å². The maximum Gasteiger partial charge on any atom is 0.317 e. The fourth-order valence-corrected chi connectivity index (χ4v) is 4.41. The molecular formula is C21H28FN3O3S. The molecule has 2 amide bonds. The van der Waals surface area contributed by atoms with Gasteiger partial charge in [-0.3, -0.25) is 0 Å². The van der Waals surface area contributed by atoms with Crippen molar-refractivity contribution >= 4 is 16.1 Å².